The Labute approximate surface area is 117 Å². The Balaban J connectivity index is 2.13. The first-order chi connectivity index (χ1) is 8.99. The Kier molecular flexibility index (Phi) is 4.31. The zero-order valence-corrected chi connectivity index (χ0v) is 12.3. The number of hydrogen-bond acceptors (Lipinski definition) is 4. The molecule has 7 heteroatoms. The molecule has 0 aliphatic carbocycles. The van der Waals surface area contributed by atoms with Crippen molar-refractivity contribution < 1.29 is 8.42 Å². The molecule has 0 unspecified atom stereocenters. The molecule has 2 aromatic rings. The van der Waals surface area contributed by atoms with Gasteiger partial charge in [0.15, 0.2) is 0 Å². The van der Waals surface area contributed by atoms with Gasteiger partial charge in [-0.1, -0.05) is 0 Å². The summed E-state index contributed by atoms with van der Waals surface area (Å²) in [4.78, 5) is 4.28. The Hall–Kier alpha value is -1.28. The van der Waals surface area contributed by atoms with Gasteiger partial charge >= 0.3 is 0 Å². The van der Waals surface area contributed by atoms with Crippen molar-refractivity contribution in [3.05, 3.63) is 40.7 Å². The molecular formula is C12H15N3O2S2. The zero-order valence-electron chi connectivity index (χ0n) is 10.7. The van der Waals surface area contributed by atoms with Crippen molar-refractivity contribution in [3.63, 3.8) is 0 Å². The molecule has 0 spiro atoms. The summed E-state index contributed by atoms with van der Waals surface area (Å²) in [6, 6.07) is 5.68. The van der Waals surface area contributed by atoms with Gasteiger partial charge in [0.1, 0.15) is 0 Å². The van der Waals surface area contributed by atoms with Crippen molar-refractivity contribution in [2.45, 2.75) is 6.54 Å². The maximum Gasteiger partial charge on any atom is 0.279 e. The molecule has 2 heterocycles. The molecule has 0 aromatic carbocycles. The van der Waals surface area contributed by atoms with Crippen LogP contribution in [0.1, 0.15) is 5.56 Å². The Morgan fingerprint density at radius 2 is 2.16 bits per heavy atom. The van der Waals surface area contributed by atoms with Gasteiger partial charge in [-0.05, 0) is 29.1 Å². The smallest absolute Gasteiger partial charge is 0.256 e. The highest BCUT2D eigenvalue weighted by Gasteiger charge is 2.12. The Morgan fingerprint density at radius 3 is 2.79 bits per heavy atom. The molecule has 0 fully saturated rings. The number of thiophene rings is 1. The lowest BCUT2D eigenvalue weighted by atomic mass is 10.1. The molecule has 0 bridgehead atoms. The molecule has 0 aliphatic heterocycles. The van der Waals surface area contributed by atoms with Crippen LogP contribution in [0.5, 0.6) is 0 Å². The number of aromatic nitrogens is 1. The van der Waals surface area contributed by atoms with Crippen molar-refractivity contribution in [1.82, 2.24) is 14.0 Å². The summed E-state index contributed by atoms with van der Waals surface area (Å²) >= 11 is 1.60. The van der Waals surface area contributed by atoms with E-state index in [4.69, 9.17) is 0 Å². The maximum absolute atomic E-state index is 11.6. The van der Waals surface area contributed by atoms with E-state index in [2.05, 4.69) is 9.71 Å². The zero-order chi connectivity index (χ0) is 13.9. The van der Waals surface area contributed by atoms with Crippen molar-refractivity contribution in [3.8, 4) is 11.3 Å². The van der Waals surface area contributed by atoms with Crippen LogP contribution in [-0.2, 0) is 16.8 Å². The Morgan fingerprint density at radius 1 is 1.37 bits per heavy atom. The number of nitrogens with one attached hydrogen (secondary N) is 1. The first kappa shape index (κ1) is 14.1. The monoisotopic (exact) mass is 297 g/mol. The minimum absolute atomic E-state index is 0.250. The minimum Gasteiger partial charge on any atom is -0.256 e. The summed E-state index contributed by atoms with van der Waals surface area (Å²) in [5, 5.41) is 3.99. The molecule has 0 atom stereocenters. The number of pyridine rings is 1. The van der Waals surface area contributed by atoms with Gasteiger partial charge in [0.05, 0.1) is 5.69 Å². The summed E-state index contributed by atoms with van der Waals surface area (Å²) in [5.41, 5.74) is 2.77. The van der Waals surface area contributed by atoms with Crippen molar-refractivity contribution >= 4 is 21.5 Å². The SMILES string of the molecule is CN(C)S(=O)(=O)NCc1ccnc(-c2ccsc2)c1. The van der Waals surface area contributed by atoms with E-state index < -0.39 is 10.2 Å². The average Bonchev–Trinajstić information content (AvgIpc) is 2.90. The van der Waals surface area contributed by atoms with Gasteiger partial charge in [-0.2, -0.15) is 28.8 Å². The highest BCUT2D eigenvalue weighted by molar-refractivity contribution is 7.87. The van der Waals surface area contributed by atoms with E-state index in [9.17, 15) is 8.42 Å². The van der Waals surface area contributed by atoms with Gasteiger partial charge in [-0.3, -0.25) is 4.98 Å². The van der Waals surface area contributed by atoms with E-state index >= 15 is 0 Å². The summed E-state index contributed by atoms with van der Waals surface area (Å²) < 4.78 is 26.9. The second-order valence-electron chi connectivity index (χ2n) is 4.17. The van der Waals surface area contributed by atoms with Gasteiger partial charge in [-0.15, -0.1) is 0 Å². The minimum atomic E-state index is -3.40. The fraction of sp³-hybridized carbons (Fsp3) is 0.250. The van der Waals surface area contributed by atoms with E-state index in [-0.39, 0.29) is 6.54 Å². The largest absolute Gasteiger partial charge is 0.279 e. The van der Waals surface area contributed by atoms with Gasteiger partial charge in [0, 0.05) is 37.8 Å². The van der Waals surface area contributed by atoms with Crippen molar-refractivity contribution in [2.24, 2.45) is 0 Å². The van der Waals surface area contributed by atoms with Gasteiger partial charge in [-0.25, -0.2) is 0 Å². The van der Waals surface area contributed by atoms with Crippen molar-refractivity contribution in [2.75, 3.05) is 14.1 Å². The van der Waals surface area contributed by atoms with E-state index in [1.807, 2.05) is 22.9 Å². The lowest BCUT2D eigenvalue weighted by molar-refractivity contribution is 0.505. The maximum atomic E-state index is 11.6. The van der Waals surface area contributed by atoms with Crippen LogP contribution in [0, 0.1) is 0 Å². The highest BCUT2D eigenvalue weighted by atomic mass is 32.2. The normalized spacial score (nSPS) is 11.9. The van der Waals surface area contributed by atoms with Crippen LogP contribution in [0.3, 0.4) is 0 Å². The second kappa shape index (κ2) is 5.79. The molecule has 0 radical (unpaired) electrons. The predicted octanol–water partition coefficient (Wildman–Crippen LogP) is 1.71. The first-order valence-electron chi connectivity index (χ1n) is 5.63. The molecular weight excluding hydrogens is 282 g/mol. The molecule has 1 N–H and O–H groups in total. The molecule has 19 heavy (non-hydrogen) atoms. The van der Waals surface area contributed by atoms with Crippen LogP contribution in [0.15, 0.2) is 35.2 Å². The number of hydrogen-bond donors (Lipinski definition) is 1. The van der Waals surface area contributed by atoms with Gasteiger partial charge < -0.3 is 0 Å². The molecule has 0 aliphatic rings. The second-order valence-corrected chi connectivity index (χ2v) is 6.92. The van der Waals surface area contributed by atoms with Crippen LogP contribution < -0.4 is 4.72 Å². The molecule has 102 valence electrons. The summed E-state index contributed by atoms with van der Waals surface area (Å²) in [6.45, 7) is 0.250. The van der Waals surface area contributed by atoms with E-state index in [0.29, 0.717) is 0 Å². The number of nitrogens with zero attached hydrogens (tertiary/aromatic N) is 2. The lowest BCUT2D eigenvalue weighted by Gasteiger charge is -2.12. The van der Waals surface area contributed by atoms with Crippen LogP contribution in [-0.4, -0.2) is 31.8 Å². The fourth-order valence-electron chi connectivity index (χ4n) is 1.46. The first-order valence-corrected chi connectivity index (χ1v) is 8.02. The van der Waals surface area contributed by atoms with Crippen LogP contribution >= 0.6 is 11.3 Å². The van der Waals surface area contributed by atoms with Gasteiger partial charge in [0.2, 0.25) is 0 Å². The molecule has 0 saturated carbocycles. The molecule has 2 rings (SSSR count). The number of rotatable bonds is 5. The summed E-state index contributed by atoms with van der Waals surface area (Å²) in [5.74, 6) is 0. The fourth-order valence-corrected chi connectivity index (χ4v) is 2.71. The topological polar surface area (TPSA) is 62.3 Å². The van der Waals surface area contributed by atoms with Gasteiger partial charge in [0.25, 0.3) is 10.2 Å². The summed E-state index contributed by atoms with van der Waals surface area (Å²) in [6.07, 6.45) is 1.69. The standard InChI is InChI=1S/C12H15N3O2S2/c1-15(2)19(16,17)14-8-10-3-5-13-12(7-10)11-4-6-18-9-11/h3-7,9,14H,8H2,1-2H3. The highest BCUT2D eigenvalue weighted by Crippen LogP contribution is 2.20. The molecule has 5 nitrogen and oxygen atoms in total. The third-order valence-corrected chi connectivity index (χ3v) is 4.73. The predicted molar refractivity (Wildman–Crippen MR) is 77.0 cm³/mol. The van der Waals surface area contributed by atoms with Crippen molar-refractivity contribution in [1.29, 1.82) is 0 Å². The van der Waals surface area contributed by atoms with E-state index in [1.54, 1.807) is 23.6 Å². The molecule has 0 saturated heterocycles. The van der Waals surface area contributed by atoms with Crippen LogP contribution in [0.25, 0.3) is 11.3 Å². The molecule has 2 aromatic heterocycles. The molecule has 0 amide bonds. The summed E-state index contributed by atoms with van der Waals surface area (Å²) in [7, 11) is -0.415. The van der Waals surface area contributed by atoms with E-state index in [1.165, 1.54) is 14.1 Å². The average molecular weight is 297 g/mol. The Bertz CT molecular complexity index is 637. The third-order valence-electron chi connectivity index (χ3n) is 2.58. The van der Waals surface area contributed by atoms with Crippen LogP contribution in [0.4, 0.5) is 0 Å². The quantitative estimate of drug-likeness (QED) is 0.914. The lowest BCUT2D eigenvalue weighted by Crippen LogP contribution is -2.35. The van der Waals surface area contributed by atoms with Crippen LogP contribution in [0.2, 0.25) is 0 Å². The third kappa shape index (κ3) is 3.60. The van der Waals surface area contributed by atoms with E-state index in [0.717, 1.165) is 21.1 Å².